The number of hydrazine groups is 1. The normalized spacial score (nSPS) is 10.1. The molecule has 2 rings (SSSR count). The number of hydrogen-bond donors (Lipinski definition) is 4. The van der Waals surface area contributed by atoms with Gasteiger partial charge in [0.1, 0.15) is 17.1 Å². The van der Waals surface area contributed by atoms with E-state index in [1.54, 1.807) is 12.4 Å². The van der Waals surface area contributed by atoms with Crippen LogP contribution < -0.4 is 16.6 Å². The Bertz CT molecular complexity index is 640. The molecule has 0 bridgehead atoms. The van der Waals surface area contributed by atoms with Gasteiger partial charge in [0.05, 0.1) is 4.92 Å². The summed E-state index contributed by atoms with van der Waals surface area (Å²) in [7, 11) is 0. The first kappa shape index (κ1) is 14.5. The van der Waals surface area contributed by atoms with Crippen molar-refractivity contribution in [3.8, 4) is 0 Å². The summed E-state index contributed by atoms with van der Waals surface area (Å²) in [6.45, 7) is 0.309. The lowest BCUT2D eigenvalue weighted by atomic mass is 10.1. The molecule has 0 unspecified atom stereocenters. The van der Waals surface area contributed by atoms with Gasteiger partial charge in [-0.1, -0.05) is 6.07 Å². The number of nitrogens with one attached hydrogen (secondary N) is 3. The summed E-state index contributed by atoms with van der Waals surface area (Å²) >= 11 is 0. The Labute approximate surface area is 119 Å². The van der Waals surface area contributed by atoms with Gasteiger partial charge >= 0.3 is 5.69 Å². The van der Waals surface area contributed by atoms with Gasteiger partial charge in [0.2, 0.25) is 0 Å². The third kappa shape index (κ3) is 3.34. The monoisotopic (exact) mass is 290 g/mol. The van der Waals surface area contributed by atoms with Crippen LogP contribution in [0.15, 0.2) is 30.6 Å². The highest BCUT2D eigenvalue weighted by Gasteiger charge is 2.23. The van der Waals surface area contributed by atoms with Gasteiger partial charge in [-0.2, -0.15) is 0 Å². The molecular weight excluding hydrogens is 276 g/mol. The molecule has 0 radical (unpaired) electrons. The number of amides is 1. The van der Waals surface area contributed by atoms with E-state index in [2.05, 4.69) is 20.7 Å². The molecule has 0 aliphatic heterocycles. The van der Waals surface area contributed by atoms with Crippen LogP contribution in [-0.2, 0) is 6.42 Å². The molecule has 1 aromatic carbocycles. The summed E-state index contributed by atoms with van der Waals surface area (Å²) in [5, 5.41) is 13.7. The van der Waals surface area contributed by atoms with Crippen molar-refractivity contribution in [3.05, 3.63) is 52.1 Å². The Kier molecular flexibility index (Phi) is 4.46. The Morgan fingerprint density at radius 1 is 1.48 bits per heavy atom. The van der Waals surface area contributed by atoms with Crippen molar-refractivity contribution < 1.29 is 9.72 Å². The molecule has 5 N–H and O–H groups in total. The van der Waals surface area contributed by atoms with Crippen LogP contribution in [0, 0.1) is 10.1 Å². The number of nitrogens with two attached hydrogens (primary N) is 1. The van der Waals surface area contributed by atoms with E-state index in [0.29, 0.717) is 13.0 Å². The SMILES string of the molecule is NNc1cccc(C(=O)NCCc2ncc[nH]2)c1[N+](=O)[O-]. The molecule has 2 aromatic rings. The van der Waals surface area contributed by atoms with Crippen molar-refractivity contribution in [1.29, 1.82) is 0 Å². The molecule has 0 atom stereocenters. The molecule has 0 aliphatic rings. The topological polar surface area (TPSA) is 139 Å². The van der Waals surface area contributed by atoms with Gasteiger partial charge in [-0.15, -0.1) is 0 Å². The highest BCUT2D eigenvalue weighted by atomic mass is 16.6. The molecule has 0 aliphatic carbocycles. The predicted octanol–water partition coefficient (Wildman–Crippen LogP) is 0.576. The van der Waals surface area contributed by atoms with Gasteiger partial charge in [0, 0.05) is 25.4 Å². The highest BCUT2D eigenvalue weighted by molar-refractivity contribution is 6.00. The maximum absolute atomic E-state index is 12.1. The largest absolute Gasteiger partial charge is 0.351 e. The first-order chi connectivity index (χ1) is 10.1. The minimum atomic E-state index is -0.642. The fourth-order valence-corrected chi connectivity index (χ4v) is 1.86. The van der Waals surface area contributed by atoms with Crippen molar-refractivity contribution in [2.24, 2.45) is 5.84 Å². The molecule has 9 nitrogen and oxygen atoms in total. The fourth-order valence-electron chi connectivity index (χ4n) is 1.86. The number of anilines is 1. The molecule has 9 heteroatoms. The zero-order valence-corrected chi connectivity index (χ0v) is 11.0. The fraction of sp³-hybridized carbons (Fsp3) is 0.167. The summed E-state index contributed by atoms with van der Waals surface area (Å²) in [6.07, 6.45) is 3.79. The Hall–Kier alpha value is -2.94. The molecule has 0 saturated heterocycles. The number of imidazole rings is 1. The van der Waals surface area contributed by atoms with E-state index in [-0.39, 0.29) is 16.9 Å². The number of nitro groups is 1. The molecule has 0 fully saturated rings. The lowest BCUT2D eigenvalue weighted by Gasteiger charge is -2.08. The zero-order chi connectivity index (χ0) is 15.2. The predicted molar refractivity (Wildman–Crippen MR) is 75.5 cm³/mol. The van der Waals surface area contributed by atoms with Crippen LogP contribution in [0.3, 0.4) is 0 Å². The van der Waals surface area contributed by atoms with Gasteiger partial charge < -0.3 is 15.7 Å². The maximum Gasteiger partial charge on any atom is 0.306 e. The minimum Gasteiger partial charge on any atom is -0.351 e. The first-order valence-corrected chi connectivity index (χ1v) is 6.14. The van der Waals surface area contributed by atoms with Crippen LogP contribution in [0.2, 0.25) is 0 Å². The van der Waals surface area contributed by atoms with Gasteiger partial charge in [-0.3, -0.25) is 20.8 Å². The number of aromatic nitrogens is 2. The minimum absolute atomic E-state index is 0.0464. The van der Waals surface area contributed by atoms with Crippen molar-refractivity contribution in [3.63, 3.8) is 0 Å². The number of carbonyl (C=O) groups excluding carboxylic acids is 1. The van der Waals surface area contributed by atoms with Crippen molar-refractivity contribution in [2.45, 2.75) is 6.42 Å². The number of carbonyl (C=O) groups is 1. The Morgan fingerprint density at radius 3 is 2.90 bits per heavy atom. The average molecular weight is 290 g/mol. The quantitative estimate of drug-likeness (QED) is 0.348. The Morgan fingerprint density at radius 2 is 2.29 bits per heavy atom. The molecule has 0 saturated carbocycles. The van der Waals surface area contributed by atoms with Gasteiger partial charge in [0.25, 0.3) is 5.91 Å². The smallest absolute Gasteiger partial charge is 0.306 e. The van der Waals surface area contributed by atoms with Gasteiger partial charge in [-0.25, -0.2) is 4.98 Å². The van der Waals surface area contributed by atoms with Crippen LogP contribution in [0.1, 0.15) is 16.2 Å². The summed E-state index contributed by atoms with van der Waals surface area (Å²) in [5.41, 5.74) is 1.90. The third-order valence-corrected chi connectivity index (χ3v) is 2.82. The average Bonchev–Trinajstić information content (AvgIpc) is 2.99. The lowest BCUT2D eigenvalue weighted by Crippen LogP contribution is -2.27. The summed E-state index contributed by atoms with van der Waals surface area (Å²) in [6, 6.07) is 4.32. The number of H-pyrrole nitrogens is 1. The van der Waals surface area contributed by atoms with Crippen LogP contribution >= 0.6 is 0 Å². The van der Waals surface area contributed by atoms with E-state index in [9.17, 15) is 14.9 Å². The van der Waals surface area contributed by atoms with Gasteiger partial charge in [0.15, 0.2) is 0 Å². The second-order valence-corrected chi connectivity index (χ2v) is 4.14. The second-order valence-electron chi connectivity index (χ2n) is 4.14. The molecule has 0 spiro atoms. The number of nitrogens with zero attached hydrogens (tertiary/aromatic N) is 2. The number of hydrogen-bond acceptors (Lipinski definition) is 6. The van der Waals surface area contributed by atoms with E-state index in [1.165, 1.54) is 18.2 Å². The standard InChI is InChI=1S/C12H14N6O3/c13-17-9-3-1-2-8(11(9)18(20)21)12(19)16-5-4-10-14-6-7-15-10/h1-3,6-7,17H,4-5,13H2,(H,14,15)(H,16,19). The van der Waals surface area contributed by atoms with E-state index >= 15 is 0 Å². The van der Waals surface area contributed by atoms with Crippen LogP contribution in [0.5, 0.6) is 0 Å². The molecule has 110 valence electrons. The van der Waals surface area contributed by atoms with Gasteiger partial charge in [-0.05, 0) is 12.1 Å². The molecule has 1 aromatic heterocycles. The zero-order valence-electron chi connectivity index (χ0n) is 11.0. The first-order valence-electron chi connectivity index (χ1n) is 6.14. The maximum atomic E-state index is 12.1. The summed E-state index contributed by atoms with van der Waals surface area (Å²) in [4.78, 5) is 29.4. The van der Waals surface area contributed by atoms with Crippen molar-refractivity contribution in [2.75, 3.05) is 12.0 Å². The van der Waals surface area contributed by atoms with Crippen LogP contribution in [-0.4, -0.2) is 27.3 Å². The van der Waals surface area contributed by atoms with E-state index in [4.69, 9.17) is 5.84 Å². The van der Waals surface area contributed by atoms with E-state index in [1.807, 2.05) is 0 Å². The summed E-state index contributed by atoms with van der Waals surface area (Å²) < 4.78 is 0. The van der Waals surface area contributed by atoms with Crippen molar-refractivity contribution >= 4 is 17.3 Å². The second kappa shape index (κ2) is 6.48. The van der Waals surface area contributed by atoms with Crippen LogP contribution in [0.25, 0.3) is 0 Å². The van der Waals surface area contributed by atoms with E-state index < -0.39 is 10.8 Å². The molecule has 1 heterocycles. The molecular formula is C12H14N6O3. The van der Waals surface area contributed by atoms with Crippen LogP contribution in [0.4, 0.5) is 11.4 Å². The number of aromatic amines is 1. The number of para-hydroxylation sites is 1. The number of nitro benzene ring substituents is 1. The third-order valence-electron chi connectivity index (χ3n) is 2.82. The number of benzene rings is 1. The van der Waals surface area contributed by atoms with E-state index in [0.717, 1.165) is 5.82 Å². The molecule has 21 heavy (non-hydrogen) atoms. The molecule has 1 amide bonds. The van der Waals surface area contributed by atoms with Crippen molar-refractivity contribution in [1.82, 2.24) is 15.3 Å². The Balaban J connectivity index is 2.10. The number of nitrogen functional groups attached to an aromatic ring is 1. The summed E-state index contributed by atoms with van der Waals surface area (Å²) in [5.74, 6) is 5.41. The lowest BCUT2D eigenvalue weighted by molar-refractivity contribution is -0.384. The number of rotatable bonds is 6. The highest BCUT2D eigenvalue weighted by Crippen LogP contribution is 2.27.